The fourth-order valence-corrected chi connectivity index (χ4v) is 4.27. The third-order valence-corrected chi connectivity index (χ3v) is 6.27. The molecule has 2 fully saturated rings. The minimum absolute atomic E-state index is 0.00454. The summed E-state index contributed by atoms with van der Waals surface area (Å²) in [6.45, 7) is 0.991. The van der Waals surface area contributed by atoms with Gasteiger partial charge in [-0.25, -0.2) is 9.97 Å². The van der Waals surface area contributed by atoms with Crippen LogP contribution in [0.3, 0.4) is 0 Å². The number of nitrogens with one attached hydrogen (secondary N) is 2. The van der Waals surface area contributed by atoms with Crippen molar-refractivity contribution in [1.82, 2.24) is 30.4 Å². The van der Waals surface area contributed by atoms with Crippen LogP contribution in [0.15, 0.2) is 43.0 Å². The summed E-state index contributed by atoms with van der Waals surface area (Å²) in [6.07, 6.45) is 5.44. The molecule has 2 atom stereocenters. The number of nitrogens with zero attached hydrogens (tertiary/aromatic N) is 5. The van der Waals surface area contributed by atoms with Crippen LogP contribution in [0.4, 0.5) is 5.69 Å². The molecule has 2 aliphatic rings. The van der Waals surface area contributed by atoms with Crippen LogP contribution in [-0.4, -0.2) is 95.8 Å². The van der Waals surface area contributed by atoms with Crippen LogP contribution in [0.1, 0.15) is 33.6 Å². The summed E-state index contributed by atoms with van der Waals surface area (Å²) in [4.78, 5) is 64.7. The van der Waals surface area contributed by atoms with Gasteiger partial charge in [0, 0.05) is 57.4 Å². The number of carbonyl (C=O) groups excluding carboxylic acids is 4. The Morgan fingerprint density at radius 2 is 1.74 bits per heavy atom. The van der Waals surface area contributed by atoms with E-state index < -0.39 is 18.0 Å². The highest BCUT2D eigenvalue weighted by molar-refractivity contribution is 6.00. The van der Waals surface area contributed by atoms with Crippen LogP contribution < -0.4 is 15.5 Å². The van der Waals surface area contributed by atoms with Gasteiger partial charge in [-0.3, -0.25) is 19.2 Å². The van der Waals surface area contributed by atoms with E-state index in [9.17, 15) is 19.2 Å². The number of carbonyl (C=O) groups is 4. The highest BCUT2D eigenvalue weighted by Crippen LogP contribution is 2.19. The number of anilines is 1. The number of aromatic nitrogens is 2. The molecule has 0 spiro atoms. The molecule has 35 heavy (non-hydrogen) atoms. The van der Waals surface area contributed by atoms with Crippen LogP contribution in [0.5, 0.6) is 0 Å². The summed E-state index contributed by atoms with van der Waals surface area (Å²) < 4.78 is 0. The van der Waals surface area contributed by atoms with Crippen molar-refractivity contribution in [2.45, 2.75) is 24.9 Å². The first-order valence-electron chi connectivity index (χ1n) is 11.6. The summed E-state index contributed by atoms with van der Waals surface area (Å²) in [5, 5.41) is 5.53. The lowest BCUT2D eigenvalue weighted by Gasteiger charge is -2.41. The van der Waals surface area contributed by atoms with Gasteiger partial charge < -0.3 is 25.3 Å². The Hall–Kier alpha value is -4.02. The number of rotatable bonds is 5. The van der Waals surface area contributed by atoms with Gasteiger partial charge >= 0.3 is 0 Å². The molecule has 0 aliphatic carbocycles. The first kappa shape index (κ1) is 24.1. The minimum atomic E-state index is -0.951. The Morgan fingerprint density at radius 1 is 1.03 bits per heavy atom. The Bertz CT molecular complexity index is 1090. The molecule has 2 aromatic rings. The van der Waals surface area contributed by atoms with Crippen molar-refractivity contribution >= 4 is 29.3 Å². The molecule has 4 rings (SSSR count). The standard InChI is InChI=1S/C24H29N7O4/c1-29(2)18-7-5-16(6-8-18)24(35)31-11-10-30(23(34)17-12-25-15-26-13-17)14-20(31)22(33)28-19-4-3-9-27-21(19)32/h5-8,12-13,15,19-20H,3-4,9-11,14H2,1-2H3,(H,27,32)(H,28,33)/t19-,20+/m1/s1. The van der Waals surface area contributed by atoms with E-state index in [2.05, 4.69) is 20.6 Å². The van der Waals surface area contributed by atoms with Gasteiger partial charge in [0.1, 0.15) is 18.4 Å². The molecule has 0 saturated carbocycles. The van der Waals surface area contributed by atoms with Gasteiger partial charge in [0.15, 0.2) is 0 Å². The molecule has 2 saturated heterocycles. The molecule has 1 aromatic heterocycles. The SMILES string of the molecule is CN(C)c1ccc(C(=O)N2CCN(C(=O)c3cncnc3)C[C@H]2C(=O)N[C@@H]2CCCNC2=O)cc1. The number of benzene rings is 1. The molecule has 1 aromatic carbocycles. The average Bonchev–Trinajstić information content (AvgIpc) is 2.89. The molecule has 0 radical (unpaired) electrons. The van der Waals surface area contributed by atoms with Crippen LogP contribution in [0.2, 0.25) is 0 Å². The topological polar surface area (TPSA) is 128 Å². The molecule has 0 unspecified atom stereocenters. The van der Waals surface area contributed by atoms with E-state index in [0.717, 1.165) is 12.1 Å². The largest absolute Gasteiger partial charge is 0.378 e. The van der Waals surface area contributed by atoms with Crippen molar-refractivity contribution in [2.24, 2.45) is 0 Å². The van der Waals surface area contributed by atoms with Crippen LogP contribution in [0, 0.1) is 0 Å². The van der Waals surface area contributed by atoms with Crippen molar-refractivity contribution in [3.8, 4) is 0 Å². The number of piperazine rings is 1. The van der Waals surface area contributed by atoms with E-state index in [1.165, 1.54) is 28.5 Å². The van der Waals surface area contributed by atoms with Crippen LogP contribution in [-0.2, 0) is 9.59 Å². The predicted molar refractivity (Wildman–Crippen MR) is 128 cm³/mol. The lowest BCUT2D eigenvalue weighted by molar-refractivity contribution is -0.133. The van der Waals surface area contributed by atoms with Gasteiger partial charge in [-0.2, -0.15) is 0 Å². The smallest absolute Gasteiger partial charge is 0.257 e. The van der Waals surface area contributed by atoms with Gasteiger partial charge in [0.05, 0.1) is 12.1 Å². The maximum atomic E-state index is 13.4. The highest BCUT2D eigenvalue weighted by atomic mass is 16.2. The molecule has 11 nitrogen and oxygen atoms in total. The van der Waals surface area contributed by atoms with Crippen molar-refractivity contribution in [1.29, 1.82) is 0 Å². The molecule has 184 valence electrons. The number of amides is 4. The third-order valence-electron chi connectivity index (χ3n) is 6.27. The first-order chi connectivity index (χ1) is 16.8. The van der Waals surface area contributed by atoms with Crippen molar-refractivity contribution in [2.75, 3.05) is 45.2 Å². The van der Waals surface area contributed by atoms with Gasteiger partial charge in [-0.1, -0.05) is 0 Å². The van der Waals surface area contributed by atoms with Gasteiger partial charge in [-0.15, -0.1) is 0 Å². The van der Waals surface area contributed by atoms with Crippen LogP contribution >= 0.6 is 0 Å². The lowest BCUT2D eigenvalue weighted by Crippen LogP contribution is -2.63. The number of piperidine rings is 1. The molecule has 11 heteroatoms. The monoisotopic (exact) mass is 479 g/mol. The maximum absolute atomic E-state index is 13.4. The van der Waals surface area contributed by atoms with E-state index in [4.69, 9.17) is 0 Å². The Labute approximate surface area is 203 Å². The quantitative estimate of drug-likeness (QED) is 0.613. The van der Waals surface area contributed by atoms with E-state index in [0.29, 0.717) is 24.1 Å². The summed E-state index contributed by atoms with van der Waals surface area (Å²) in [6, 6.07) is 5.50. The highest BCUT2D eigenvalue weighted by Gasteiger charge is 2.39. The third kappa shape index (κ3) is 5.39. The Morgan fingerprint density at radius 3 is 2.40 bits per heavy atom. The van der Waals surface area contributed by atoms with Crippen LogP contribution in [0.25, 0.3) is 0 Å². The molecule has 4 amide bonds. The van der Waals surface area contributed by atoms with Gasteiger partial charge in [0.2, 0.25) is 11.8 Å². The van der Waals surface area contributed by atoms with Gasteiger partial charge in [0.25, 0.3) is 11.8 Å². The fraction of sp³-hybridized carbons (Fsp3) is 0.417. The van der Waals surface area contributed by atoms with E-state index >= 15 is 0 Å². The number of hydrogen-bond donors (Lipinski definition) is 2. The van der Waals surface area contributed by atoms with E-state index in [1.807, 2.05) is 31.1 Å². The predicted octanol–water partition coefficient (Wildman–Crippen LogP) is -0.0958. The van der Waals surface area contributed by atoms with E-state index in [1.54, 1.807) is 12.1 Å². The summed E-state index contributed by atoms with van der Waals surface area (Å²) in [7, 11) is 3.82. The molecular weight excluding hydrogens is 450 g/mol. The maximum Gasteiger partial charge on any atom is 0.257 e. The van der Waals surface area contributed by atoms with Crippen molar-refractivity contribution in [3.63, 3.8) is 0 Å². The molecule has 2 aliphatic heterocycles. The summed E-state index contributed by atoms with van der Waals surface area (Å²) in [5.41, 5.74) is 1.69. The minimum Gasteiger partial charge on any atom is -0.378 e. The zero-order valence-electron chi connectivity index (χ0n) is 19.8. The normalized spacial score (nSPS) is 20.1. The van der Waals surface area contributed by atoms with Crippen molar-refractivity contribution < 1.29 is 19.2 Å². The second-order valence-electron chi connectivity index (χ2n) is 8.83. The van der Waals surface area contributed by atoms with Crippen molar-refractivity contribution in [3.05, 3.63) is 54.1 Å². The average molecular weight is 480 g/mol. The van der Waals surface area contributed by atoms with E-state index in [-0.39, 0.29) is 37.4 Å². The summed E-state index contributed by atoms with van der Waals surface area (Å²) in [5.74, 6) is -1.33. The zero-order valence-corrected chi connectivity index (χ0v) is 19.8. The van der Waals surface area contributed by atoms with Gasteiger partial charge in [-0.05, 0) is 37.1 Å². The summed E-state index contributed by atoms with van der Waals surface area (Å²) >= 11 is 0. The zero-order chi connectivity index (χ0) is 24.9. The molecule has 0 bridgehead atoms. The molecule has 3 heterocycles. The number of hydrogen-bond acceptors (Lipinski definition) is 7. The second kappa shape index (κ2) is 10.5. The Kier molecular flexibility index (Phi) is 7.23. The molecule has 2 N–H and O–H groups in total. The molecular formula is C24H29N7O4. The Balaban J connectivity index is 1.56. The fourth-order valence-electron chi connectivity index (χ4n) is 4.27. The lowest BCUT2D eigenvalue weighted by atomic mass is 10.0. The first-order valence-corrected chi connectivity index (χ1v) is 11.6. The second-order valence-corrected chi connectivity index (χ2v) is 8.83.